The van der Waals surface area contributed by atoms with Crippen molar-refractivity contribution in [1.29, 1.82) is 0 Å². The fourth-order valence-corrected chi connectivity index (χ4v) is 2.41. The van der Waals surface area contributed by atoms with E-state index < -0.39 is 18.1 Å². The second kappa shape index (κ2) is 7.16. The minimum atomic E-state index is -4.87. The molecule has 21 heavy (non-hydrogen) atoms. The number of carbonyl (C=O) groups is 1. The predicted octanol–water partition coefficient (Wildman–Crippen LogP) is 4.75. The first-order chi connectivity index (χ1) is 9.61. The first kappa shape index (κ1) is 17.8. The number of nitrogens with one attached hydrogen (secondary N) is 1. The molecule has 0 saturated carbocycles. The van der Waals surface area contributed by atoms with Crippen LogP contribution in [0.4, 0.5) is 13.2 Å². The molecule has 2 unspecified atom stereocenters. The molecular formula is C15H19ClF3NO. The van der Waals surface area contributed by atoms with Crippen LogP contribution in [0.25, 0.3) is 0 Å². The molecular weight excluding hydrogens is 303 g/mol. The highest BCUT2D eigenvalue weighted by molar-refractivity contribution is 6.20. The highest BCUT2D eigenvalue weighted by Crippen LogP contribution is 2.28. The Morgan fingerprint density at radius 1 is 1.14 bits per heavy atom. The van der Waals surface area contributed by atoms with Gasteiger partial charge in [-0.2, -0.15) is 13.2 Å². The topological polar surface area (TPSA) is 29.1 Å². The van der Waals surface area contributed by atoms with Crippen LogP contribution in [0.5, 0.6) is 0 Å². The molecule has 0 aliphatic carbocycles. The monoisotopic (exact) mass is 321 g/mol. The number of alkyl halides is 4. The van der Waals surface area contributed by atoms with E-state index in [1.54, 1.807) is 24.3 Å². The molecule has 0 saturated heterocycles. The van der Waals surface area contributed by atoms with Gasteiger partial charge in [0.05, 0.1) is 11.4 Å². The standard InChI is InChI=1S/C15H19ClF3NO/c1-9(2)8-13(16)12-6-4-11(5-7-12)10(3)20-14(21)15(17,18)19/h4-7,9-10,13H,8H2,1-3H3,(H,20,21). The molecule has 2 atom stereocenters. The van der Waals surface area contributed by atoms with E-state index in [1.165, 1.54) is 6.92 Å². The molecule has 6 heteroatoms. The number of hydrogen-bond donors (Lipinski definition) is 1. The molecule has 1 amide bonds. The van der Waals surface area contributed by atoms with Crippen molar-refractivity contribution in [3.63, 3.8) is 0 Å². The predicted molar refractivity (Wildman–Crippen MR) is 77.1 cm³/mol. The lowest BCUT2D eigenvalue weighted by Crippen LogP contribution is -2.38. The van der Waals surface area contributed by atoms with E-state index in [0.717, 1.165) is 12.0 Å². The van der Waals surface area contributed by atoms with E-state index in [1.807, 2.05) is 5.32 Å². The van der Waals surface area contributed by atoms with Crippen molar-refractivity contribution in [2.45, 2.75) is 44.8 Å². The molecule has 0 aliphatic heterocycles. The molecule has 1 aromatic rings. The van der Waals surface area contributed by atoms with Gasteiger partial charge in [0.2, 0.25) is 0 Å². The lowest BCUT2D eigenvalue weighted by molar-refractivity contribution is -0.174. The number of hydrogen-bond acceptors (Lipinski definition) is 1. The summed E-state index contributed by atoms with van der Waals surface area (Å²) < 4.78 is 36.6. The van der Waals surface area contributed by atoms with Gasteiger partial charge in [-0.25, -0.2) is 0 Å². The van der Waals surface area contributed by atoms with Crippen molar-refractivity contribution < 1.29 is 18.0 Å². The molecule has 1 rings (SSSR count). The molecule has 1 aromatic carbocycles. The highest BCUT2D eigenvalue weighted by Gasteiger charge is 2.39. The molecule has 0 aromatic heterocycles. The van der Waals surface area contributed by atoms with Gasteiger partial charge in [0, 0.05) is 0 Å². The van der Waals surface area contributed by atoms with E-state index in [4.69, 9.17) is 11.6 Å². The van der Waals surface area contributed by atoms with Crippen molar-refractivity contribution in [3.8, 4) is 0 Å². The van der Waals surface area contributed by atoms with Crippen LogP contribution in [0.3, 0.4) is 0 Å². The first-order valence-electron chi connectivity index (χ1n) is 6.73. The average Bonchev–Trinajstić information content (AvgIpc) is 2.36. The maximum absolute atomic E-state index is 12.2. The number of benzene rings is 1. The van der Waals surface area contributed by atoms with E-state index in [-0.39, 0.29) is 5.38 Å². The Balaban J connectivity index is 2.71. The van der Waals surface area contributed by atoms with Crippen molar-refractivity contribution in [1.82, 2.24) is 5.32 Å². The maximum Gasteiger partial charge on any atom is 0.471 e. The minimum Gasteiger partial charge on any atom is -0.342 e. The van der Waals surface area contributed by atoms with Gasteiger partial charge in [-0.05, 0) is 30.4 Å². The summed E-state index contributed by atoms with van der Waals surface area (Å²) in [5.41, 5.74) is 1.52. The lowest BCUT2D eigenvalue weighted by atomic mass is 9.99. The van der Waals surface area contributed by atoms with Gasteiger partial charge in [0.1, 0.15) is 0 Å². The smallest absolute Gasteiger partial charge is 0.342 e. The second-order valence-corrected chi connectivity index (χ2v) is 5.98. The fourth-order valence-electron chi connectivity index (χ4n) is 1.91. The summed E-state index contributed by atoms with van der Waals surface area (Å²) in [4.78, 5) is 10.9. The third kappa shape index (κ3) is 5.58. The SMILES string of the molecule is CC(C)CC(Cl)c1ccc(C(C)NC(=O)C(F)(F)F)cc1. The Morgan fingerprint density at radius 3 is 2.05 bits per heavy atom. The quantitative estimate of drug-likeness (QED) is 0.779. The summed E-state index contributed by atoms with van der Waals surface area (Å²) in [6.45, 7) is 5.64. The third-order valence-electron chi connectivity index (χ3n) is 3.08. The van der Waals surface area contributed by atoms with E-state index in [0.29, 0.717) is 11.5 Å². The molecule has 0 heterocycles. The Hall–Kier alpha value is -1.23. The molecule has 0 bridgehead atoms. The molecule has 118 valence electrons. The Bertz CT molecular complexity index is 471. The lowest BCUT2D eigenvalue weighted by Gasteiger charge is -2.17. The summed E-state index contributed by atoms with van der Waals surface area (Å²) >= 11 is 6.26. The zero-order chi connectivity index (χ0) is 16.2. The summed E-state index contributed by atoms with van der Waals surface area (Å²) in [6, 6.07) is 6.22. The van der Waals surface area contributed by atoms with Crippen LogP contribution in [0.1, 0.15) is 49.7 Å². The van der Waals surface area contributed by atoms with Gasteiger partial charge in [-0.1, -0.05) is 38.1 Å². The molecule has 0 radical (unpaired) electrons. The molecule has 2 nitrogen and oxygen atoms in total. The second-order valence-electron chi connectivity index (χ2n) is 5.46. The van der Waals surface area contributed by atoms with Gasteiger partial charge in [0.15, 0.2) is 0 Å². The van der Waals surface area contributed by atoms with Crippen molar-refractivity contribution in [3.05, 3.63) is 35.4 Å². The normalized spacial score (nSPS) is 14.9. The van der Waals surface area contributed by atoms with Crippen LogP contribution in [0.2, 0.25) is 0 Å². The first-order valence-corrected chi connectivity index (χ1v) is 7.16. The highest BCUT2D eigenvalue weighted by atomic mass is 35.5. The third-order valence-corrected chi connectivity index (χ3v) is 3.51. The Kier molecular flexibility index (Phi) is 6.08. The zero-order valence-electron chi connectivity index (χ0n) is 12.2. The van der Waals surface area contributed by atoms with Crippen LogP contribution in [-0.2, 0) is 4.79 Å². The van der Waals surface area contributed by atoms with E-state index in [2.05, 4.69) is 13.8 Å². The largest absolute Gasteiger partial charge is 0.471 e. The average molecular weight is 322 g/mol. The summed E-state index contributed by atoms with van der Waals surface area (Å²) in [5.74, 6) is -1.48. The molecule has 0 aliphatic rings. The Morgan fingerprint density at radius 2 is 1.62 bits per heavy atom. The van der Waals surface area contributed by atoms with E-state index in [9.17, 15) is 18.0 Å². The van der Waals surface area contributed by atoms with Crippen LogP contribution in [0, 0.1) is 5.92 Å². The van der Waals surface area contributed by atoms with Gasteiger partial charge in [0.25, 0.3) is 0 Å². The summed E-state index contributed by atoms with van der Waals surface area (Å²) in [6.07, 6.45) is -4.05. The van der Waals surface area contributed by atoms with Gasteiger partial charge in [-0.3, -0.25) is 4.79 Å². The van der Waals surface area contributed by atoms with Crippen LogP contribution in [0.15, 0.2) is 24.3 Å². The van der Waals surface area contributed by atoms with Gasteiger partial charge in [-0.15, -0.1) is 11.6 Å². The Labute approximate surface area is 127 Å². The van der Waals surface area contributed by atoms with Crippen molar-refractivity contribution in [2.75, 3.05) is 0 Å². The summed E-state index contributed by atoms with van der Waals surface area (Å²) in [7, 11) is 0. The molecule has 1 N–H and O–H groups in total. The van der Waals surface area contributed by atoms with Crippen molar-refractivity contribution in [2.24, 2.45) is 5.92 Å². The zero-order valence-corrected chi connectivity index (χ0v) is 12.9. The number of rotatable bonds is 5. The van der Waals surface area contributed by atoms with Gasteiger partial charge >= 0.3 is 12.1 Å². The van der Waals surface area contributed by atoms with Crippen LogP contribution < -0.4 is 5.32 Å². The van der Waals surface area contributed by atoms with E-state index >= 15 is 0 Å². The van der Waals surface area contributed by atoms with Crippen LogP contribution in [-0.4, -0.2) is 12.1 Å². The fraction of sp³-hybridized carbons (Fsp3) is 0.533. The van der Waals surface area contributed by atoms with Crippen LogP contribution >= 0.6 is 11.6 Å². The maximum atomic E-state index is 12.2. The number of amides is 1. The number of carbonyl (C=O) groups excluding carboxylic acids is 1. The number of halogens is 4. The summed E-state index contributed by atoms with van der Waals surface area (Å²) in [5, 5.41) is 1.79. The van der Waals surface area contributed by atoms with Crippen molar-refractivity contribution >= 4 is 17.5 Å². The van der Waals surface area contributed by atoms with Gasteiger partial charge < -0.3 is 5.32 Å². The minimum absolute atomic E-state index is 0.126. The molecule has 0 spiro atoms. The molecule has 0 fully saturated rings.